The summed E-state index contributed by atoms with van der Waals surface area (Å²) in [7, 11) is 1.75. The first-order valence-corrected chi connectivity index (χ1v) is 6.94. The SMILES string of the molecule is CCOC(=O)c1cnn(C)c1CNCC(=O)NC(C)(C)C. The Bertz CT molecular complexity index is 503. The Labute approximate surface area is 125 Å². The molecule has 7 heteroatoms. The maximum atomic E-state index is 11.8. The first-order chi connectivity index (χ1) is 9.74. The number of amides is 1. The van der Waals surface area contributed by atoms with Gasteiger partial charge >= 0.3 is 5.97 Å². The predicted octanol–water partition coefficient (Wildman–Crippen LogP) is 0.601. The molecule has 1 heterocycles. The zero-order valence-corrected chi connectivity index (χ0v) is 13.3. The molecule has 0 saturated carbocycles. The number of hydrogen-bond donors (Lipinski definition) is 2. The Hall–Kier alpha value is -1.89. The van der Waals surface area contributed by atoms with E-state index in [9.17, 15) is 9.59 Å². The number of nitrogens with zero attached hydrogens (tertiary/aromatic N) is 2. The Morgan fingerprint density at radius 2 is 2.05 bits per heavy atom. The normalized spacial score (nSPS) is 11.3. The molecule has 0 saturated heterocycles. The van der Waals surface area contributed by atoms with E-state index >= 15 is 0 Å². The molecule has 0 spiro atoms. The average molecular weight is 296 g/mol. The lowest BCUT2D eigenvalue weighted by atomic mass is 10.1. The molecule has 0 aliphatic heterocycles. The van der Waals surface area contributed by atoms with Gasteiger partial charge in [-0.1, -0.05) is 0 Å². The second kappa shape index (κ2) is 7.21. The first-order valence-electron chi connectivity index (χ1n) is 6.94. The van der Waals surface area contributed by atoms with Gasteiger partial charge in [0.15, 0.2) is 0 Å². The van der Waals surface area contributed by atoms with Crippen LogP contribution in [0.25, 0.3) is 0 Å². The van der Waals surface area contributed by atoms with Crippen LogP contribution in [0.2, 0.25) is 0 Å². The minimum absolute atomic E-state index is 0.0950. The Morgan fingerprint density at radius 3 is 2.62 bits per heavy atom. The van der Waals surface area contributed by atoms with Crippen molar-refractivity contribution in [2.45, 2.75) is 39.8 Å². The lowest BCUT2D eigenvalue weighted by molar-refractivity contribution is -0.121. The van der Waals surface area contributed by atoms with E-state index in [2.05, 4.69) is 15.7 Å². The first kappa shape index (κ1) is 17.2. The minimum Gasteiger partial charge on any atom is -0.462 e. The molecule has 118 valence electrons. The van der Waals surface area contributed by atoms with Crippen LogP contribution in [-0.2, 0) is 23.1 Å². The third-order valence-corrected chi connectivity index (χ3v) is 2.65. The number of rotatable bonds is 6. The fourth-order valence-electron chi connectivity index (χ4n) is 1.81. The summed E-state index contributed by atoms with van der Waals surface area (Å²) >= 11 is 0. The lowest BCUT2D eigenvalue weighted by Crippen LogP contribution is -2.44. The number of nitrogens with one attached hydrogen (secondary N) is 2. The summed E-state index contributed by atoms with van der Waals surface area (Å²) in [6, 6.07) is 0. The van der Waals surface area contributed by atoms with Crippen molar-refractivity contribution in [2.75, 3.05) is 13.2 Å². The number of carbonyl (C=O) groups is 2. The van der Waals surface area contributed by atoms with E-state index < -0.39 is 5.97 Å². The molecule has 1 amide bonds. The quantitative estimate of drug-likeness (QED) is 0.751. The minimum atomic E-state index is -0.401. The number of ether oxygens (including phenoxy) is 1. The van der Waals surface area contributed by atoms with E-state index in [0.717, 1.165) is 0 Å². The van der Waals surface area contributed by atoms with Crippen molar-refractivity contribution in [1.29, 1.82) is 0 Å². The Balaban J connectivity index is 2.58. The summed E-state index contributed by atoms with van der Waals surface area (Å²) in [6.45, 7) is 8.37. The van der Waals surface area contributed by atoms with Crippen LogP contribution in [0.1, 0.15) is 43.7 Å². The molecule has 1 aromatic rings. The van der Waals surface area contributed by atoms with Crippen molar-refractivity contribution < 1.29 is 14.3 Å². The average Bonchev–Trinajstić information content (AvgIpc) is 2.69. The molecule has 21 heavy (non-hydrogen) atoms. The Kier molecular flexibility index (Phi) is 5.90. The molecule has 0 aromatic carbocycles. The van der Waals surface area contributed by atoms with Gasteiger partial charge in [-0.25, -0.2) is 4.79 Å². The summed E-state index contributed by atoms with van der Waals surface area (Å²) < 4.78 is 6.57. The molecule has 0 bridgehead atoms. The molecule has 1 rings (SSSR count). The van der Waals surface area contributed by atoms with Crippen molar-refractivity contribution in [3.8, 4) is 0 Å². The summed E-state index contributed by atoms with van der Waals surface area (Å²) in [5.41, 5.74) is 0.849. The van der Waals surface area contributed by atoms with E-state index in [1.165, 1.54) is 6.20 Å². The van der Waals surface area contributed by atoms with Crippen LogP contribution in [0.4, 0.5) is 0 Å². The Morgan fingerprint density at radius 1 is 1.38 bits per heavy atom. The fourth-order valence-corrected chi connectivity index (χ4v) is 1.81. The molecule has 0 radical (unpaired) electrons. The largest absolute Gasteiger partial charge is 0.462 e. The highest BCUT2D eigenvalue weighted by atomic mass is 16.5. The smallest absolute Gasteiger partial charge is 0.341 e. The number of carbonyl (C=O) groups excluding carboxylic acids is 2. The molecular formula is C14H24N4O3. The van der Waals surface area contributed by atoms with Gasteiger partial charge in [-0.2, -0.15) is 5.10 Å². The standard InChI is InChI=1S/C14H24N4O3/c1-6-21-13(20)10-7-16-18(5)11(10)8-15-9-12(19)17-14(2,3)4/h7,15H,6,8-9H2,1-5H3,(H,17,19). The van der Waals surface area contributed by atoms with E-state index in [1.807, 2.05) is 20.8 Å². The zero-order chi connectivity index (χ0) is 16.0. The highest BCUT2D eigenvalue weighted by Gasteiger charge is 2.18. The van der Waals surface area contributed by atoms with Crippen LogP contribution >= 0.6 is 0 Å². The van der Waals surface area contributed by atoms with E-state index in [0.29, 0.717) is 24.4 Å². The highest BCUT2D eigenvalue weighted by molar-refractivity contribution is 5.90. The van der Waals surface area contributed by atoms with E-state index in [-0.39, 0.29) is 18.0 Å². The zero-order valence-electron chi connectivity index (χ0n) is 13.3. The summed E-state index contributed by atoms with van der Waals surface area (Å²) in [4.78, 5) is 23.5. The van der Waals surface area contributed by atoms with Crippen LogP contribution < -0.4 is 10.6 Å². The number of aromatic nitrogens is 2. The van der Waals surface area contributed by atoms with Crippen molar-refractivity contribution in [3.63, 3.8) is 0 Å². The van der Waals surface area contributed by atoms with Gasteiger partial charge in [0.05, 0.1) is 25.0 Å². The van der Waals surface area contributed by atoms with Gasteiger partial charge in [0.1, 0.15) is 5.56 Å². The van der Waals surface area contributed by atoms with Crippen molar-refractivity contribution in [2.24, 2.45) is 7.05 Å². The van der Waals surface area contributed by atoms with Crippen molar-refractivity contribution >= 4 is 11.9 Å². The molecule has 2 N–H and O–H groups in total. The topological polar surface area (TPSA) is 85.2 Å². The third-order valence-electron chi connectivity index (χ3n) is 2.65. The predicted molar refractivity (Wildman–Crippen MR) is 78.8 cm³/mol. The number of hydrogen-bond acceptors (Lipinski definition) is 5. The maximum Gasteiger partial charge on any atom is 0.341 e. The van der Waals surface area contributed by atoms with Gasteiger partial charge in [0.25, 0.3) is 0 Å². The van der Waals surface area contributed by atoms with Gasteiger partial charge in [-0.3, -0.25) is 9.48 Å². The van der Waals surface area contributed by atoms with Crippen LogP contribution in [0.5, 0.6) is 0 Å². The van der Waals surface area contributed by atoms with Gasteiger partial charge in [-0.15, -0.1) is 0 Å². The molecule has 1 aromatic heterocycles. The summed E-state index contributed by atoms with van der Waals surface area (Å²) in [5, 5.41) is 9.92. The summed E-state index contributed by atoms with van der Waals surface area (Å²) in [5.74, 6) is -0.496. The molecule has 0 atom stereocenters. The monoisotopic (exact) mass is 296 g/mol. The van der Waals surface area contributed by atoms with Crippen LogP contribution in [0, 0.1) is 0 Å². The molecule has 0 aliphatic carbocycles. The molecule has 0 unspecified atom stereocenters. The van der Waals surface area contributed by atoms with Crippen molar-refractivity contribution in [1.82, 2.24) is 20.4 Å². The van der Waals surface area contributed by atoms with Gasteiger partial charge in [0.2, 0.25) is 5.91 Å². The van der Waals surface area contributed by atoms with Gasteiger partial charge in [-0.05, 0) is 27.7 Å². The van der Waals surface area contributed by atoms with E-state index in [4.69, 9.17) is 4.74 Å². The maximum absolute atomic E-state index is 11.8. The number of esters is 1. The second-order valence-corrected chi connectivity index (χ2v) is 5.75. The fraction of sp³-hybridized carbons (Fsp3) is 0.643. The molecule has 0 fully saturated rings. The van der Waals surface area contributed by atoms with Crippen LogP contribution in [0.3, 0.4) is 0 Å². The van der Waals surface area contributed by atoms with Gasteiger partial charge < -0.3 is 15.4 Å². The third kappa shape index (κ3) is 5.55. The van der Waals surface area contributed by atoms with Crippen LogP contribution in [0.15, 0.2) is 6.20 Å². The molecule has 0 aliphatic rings. The lowest BCUT2D eigenvalue weighted by Gasteiger charge is -2.20. The van der Waals surface area contributed by atoms with Crippen LogP contribution in [-0.4, -0.2) is 40.3 Å². The number of aryl methyl sites for hydroxylation is 1. The summed E-state index contributed by atoms with van der Waals surface area (Å²) in [6.07, 6.45) is 1.48. The second-order valence-electron chi connectivity index (χ2n) is 5.75. The van der Waals surface area contributed by atoms with Crippen molar-refractivity contribution in [3.05, 3.63) is 17.5 Å². The molecular weight excluding hydrogens is 272 g/mol. The van der Waals surface area contributed by atoms with E-state index in [1.54, 1.807) is 18.7 Å². The van der Waals surface area contributed by atoms with Gasteiger partial charge in [0, 0.05) is 19.1 Å². The highest BCUT2D eigenvalue weighted by Crippen LogP contribution is 2.09. The molecule has 7 nitrogen and oxygen atoms in total.